The highest BCUT2D eigenvalue weighted by Gasteiger charge is 2.08. The lowest BCUT2D eigenvalue weighted by atomic mass is 10.1. The van der Waals surface area contributed by atoms with E-state index in [-0.39, 0.29) is 24.0 Å². The van der Waals surface area contributed by atoms with Crippen LogP contribution >= 0.6 is 35.6 Å². The van der Waals surface area contributed by atoms with Crippen LogP contribution in [0.4, 0.5) is 0 Å². The normalized spacial score (nSPS) is 10.9. The average molecular weight is 534 g/mol. The Labute approximate surface area is 195 Å². The number of methoxy groups -OCH3 is 2. The highest BCUT2D eigenvalue weighted by Crippen LogP contribution is 2.23. The number of nitrogens with one attached hydrogen (secondary N) is 2. The number of nitrogens with zero attached hydrogens (tertiary/aromatic N) is 1. The molecule has 0 bridgehead atoms. The van der Waals surface area contributed by atoms with Crippen molar-refractivity contribution in [3.63, 3.8) is 0 Å². The Morgan fingerprint density at radius 3 is 2.24 bits per heavy atom. The SMILES string of the molecule is CN=C(NCc1ccc(Cl)cc1OC)NCc1ccc(C)cc1OCCOC.I. The fourth-order valence-corrected chi connectivity index (χ4v) is 2.78. The first kappa shape index (κ1) is 25.3. The number of hydrogen-bond acceptors (Lipinski definition) is 4. The van der Waals surface area contributed by atoms with E-state index in [1.807, 2.05) is 25.1 Å². The highest BCUT2D eigenvalue weighted by atomic mass is 127. The van der Waals surface area contributed by atoms with Gasteiger partial charge in [0, 0.05) is 43.4 Å². The Hall–Kier alpha value is -1.71. The van der Waals surface area contributed by atoms with Gasteiger partial charge in [-0.05, 0) is 30.7 Å². The van der Waals surface area contributed by atoms with Gasteiger partial charge < -0.3 is 24.8 Å². The molecule has 0 saturated heterocycles. The van der Waals surface area contributed by atoms with Crippen LogP contribution in [-0.4, -0.2) is 40.4 Å². The molecule has 0 unspecified atom stereocenters. The van der Waals surface area contributed by atoms with Crippen LogP contribution in [0.1, 0.15) is 16.7 Å². The third-order valence-electron chi connectivity index (χ3n) is 4.13. The van der Waals surface area contributed by atoms with E-state index in [4.69, 9.17) is 25.8 Å². The van der Waals surface area contributed by atoms with Gasteiger partial charge in [0.25, 0.3) is 0 Å². The molecule has 160 valence electrons. The Balaban J connectivity index is 0.00000420. The van der Waals surface area contributed by atoms with Crippen molar-refractivity contribution in [2.45, 2.75) is 20.0 Å². The fourth-order valence-electron chi connectivity index (χ4n) is 2.62. The highest BCUT2D eigenvalue weighted by molar-refractivity contribution is 14.0. The molecule has 2 aromatic carbocycles. The lowest BCUT2D eigenvalue weighted by molar-refractivity contribution is 0.145. The van der Waals surface area contributed by atoms with E-state index in [1.165, 1.54) is 0 Å². The van der Waals surface area contributed by atoms with Crippen molar-refractivity contribution in [1.82, 2.24) is 10.6 Å². The first-order valence-corrected chi connectivity index (χ1v) is 9.43. The number of ether oxygens (including phenoxy) is 3. The monoisotopic (exact) mass is 533 g/mol. The topological polar surface area (TPSA) is 64.1 Å². The molecule has 0 spiro atoms. The second kappa shape index (κ2) is 13.5. The number of hydrogen-bond donors (Lipinski definition) is 2. The molecule has 0 aliphatic rings. The van der Waals surface area contributed by atoms with Crippen LogP contribution < -0.4 is 20.1 Å². The number of halogens is 2. The number of rotatable bonds is 9. The van der Waals surface area contributed by atoms with Crippen molar-refractivity contribution in [1.29, 1.82) is 0 Å². The van der Waals surface area contributed by atoms with Crippen LogP contribution in [0.3, 0.4) is 0 Å². The predicted molar refractivity (Wildman–Crippen MR) is 129 cm³/mol. The summed E-state index contributed by atoms with van der Waals surface area (Å²) < 4.78 is 16.3. The number of benzene rings is 2. The third-order valence-corrected chi connectivity index (χ3v) is 4.37. The van der Waals surface area contributed by atoms with E-state index >= 15 is 0 Å². The van der Waals surface area contributed by atoms with Crippen molar-refractivity contribution >= 4 is 41.5 Å². The minimum atomic E-state index is 0. The Morgan fingerprint density at radius 1 is 0.966 bits per heavy atom. The lowest BCUT2D eigenvalue weighted by Crippen LogP contribution is -2.36. The van der Waals surface area contributed by atoms with Crippen LogP contribution in [0.5, 0.6) is 11.5 Å². The van der Waals surface area contributed by atoms with E-state index in [0.29, 0.717) is 37.3 Å². The summed E-state index contributed by atoms with van der Waals surface area (Å²) in [5.41, 5.74) is 3.19. The summed E-state index contributed by atoms with van der Waals surface area (Å²) in [6.45, 7) is 4.24. The van der Waals surface area contributed by atoms with E-state index in [2.05, 4.69) is 27.8 Å². The van der Waals surface area contributed by atoms with Crippen LogP contribution in [0, 0.1) is 6.92 Å². The molecule has 2 aromatic rings. The quantitative estimate of drug-likeness (QED) is 0.219. The molecule has 0 atom stereocenters. The minimum absolute atomic E-state index is 0. The predicted octanol–water partition coefficient (Wildman–Crippen LogP) is 4.17. The number of guanidine groups is 1. The van der Waals surface area contributed by atoms with Crippen molar-refractivity contribution in [2.75, 3.05) is 34.5 Å². The molecule has 0 aliphatic heterocycles. The Bertz CT molecular complexity index is 803. The summed E-state index contributed by atoms with van der Waals surface area (Å²) in [6.07, 6.45) is 0. The molecule has 2 rings (SSSR count). The third kappa shape index (κ3) is 8.28. The first-order chi connectivity index (χ1) is 13.6. The van der Waals surface area contributed by atoms with Gasteiger partial charge >= 0.3 is 0 Å². The minimum Gasteiger partial charge on any atom is -0.496 e. The lowest BCUT2D eigenvalue weighted by Gasteiger charge is -2.16. The average Bonchev–Trinajstić information content (AvgIpc) is 2.70. The van der Waals surface area contributed by atoms with Crippen molar-refractivity contribution in [3.8, 4) is 11.5 Å². The van der Waals surface area contributed by atoms with Gasteiger partial charge in [-0.3, -0.25) is 4.99 Å². The second-order valence-corrected chi connectivity index (χ2v) is 6.62. The summed E-state index contributed by atoms with van der Waals surface area (Å²) in [7, 11) is 5.03. The summed E-state index contributed by atoms with van der Waals surface area (Å²) in [5.74, 6) is 2.27. The first-order valence-electron chi connectivity index (χ1n) is 9.05. The Kier molecular flexibility index (Phi) is 11.8. The maximum absolute atomic E-state index is 6.02. The molecule has 0 fully saturated rings. The van der Waals surface area contributed by atoms with E-state index in [0.717, 1.165) is 28.2 Å². The van der Waals surface area contributed by atoms with E-state index < -0.39 is 0 Å². The summed E-state index contributed by atoms with van der Waals surface area (Å²) >= 11 is 6.02. The van der Waals surface area contributed by atoms with E-state index in [9.17, 15) is 0 Å². The second-order valence-electron chi connectivity index (χ2n) is 6.19. The number of aliphatic imine (C=N–C) groups is 1. The van der Waals surface area contributed by atoms with Crippen molar-refractivity contribution in [3.05, 3.63) is 58.1 Å². The Morgan fingerprint density at radius 2 is 1.62 bits per heavy atom. The largest absolute Gasteiger partial charge is 0.496 e. The van der Waals surface area contributed by atoms with Crippen molar-refractivity contribution in [2.24, 2.45) is 4.99 Å². The zero-order chi connectivity index (χ0) is 20.4. The molecule has 0 aliphatic carbocycles. The molecular formula is C21H29ClIN3O3. The van der Waals surface area contributed by atoms with Gasteiger partial charge in [-0.1, -0.05) is 29.8 Å². The zero-order valence-electron chi connectivity index (χ0n) is 17.3. The van der Waals surface area contributed by atoms with Crippen LogP contribution in [0.2, 0.25) is 5.02 Å². The molecule has 0 radical (unpaired) electrons. The molecule has 8 heteroatoms. The molecule has 29 heavy (non-hydrogen) atoms. The molecule has 0 saturated carbocycles. The fraction of sp³-hybridized carbons (Fsp3) is 0.381. The number of aryl methyl sites for hydroxylation is 1. The molecule has 2 N–H and O–H groups in total. The smallest absolute Gasteiger partial charge is 0.191 e. The molecule has 0 amide bonds. The zero-order valence-corrected chi connectivity index (χ0v) is 20.3. The van der Waals surface area contributed by atoms with Gasteiger partial charge in [0.2, 0.25) is 0 Å². The van der Waals surface area contributed by atoms with E-state index in [1.54, 1.807) is 27.3 Å². The maximum atomic E-state index is 6.02. The van der Waals surface area contributed by atoms with Crippen molar-refractivity contribution < 1.29 is 14.2 Å². The molecule has 0 aromatic heterocycles. The standard InChI is InChI=1S/C21H28ClN3O3.HI/c1-15-5-6-17(20(11-15)28-10-9-26-3)14-25-21(23-2)24-13-16-7-8-18(22)12-19(16)27-4;/h5-8,11-12H,9-10,13-14H2,1-4H3,(H2,23,24,25);1H. The van der Waals surface area contributed by atoms with Gasteiger partial charge in [-0.2, -0.15) is 0 Å². The van der Waals surface area contributed by atoms with Crippen LogP contribution in [0.15, 0.2) is 41.4 Å². The molecular weight excluding hydrogens is 505 g/mol. The maximum Gasteiger partial charge on any atom is 0.191 e. The van der Waals surface area contributed by atoms with Gasteiger partial charge in [0.1, 0.15) is 18.1 Å². The molecule has 0 heterocycles. The summed E-state index contributed by atoms with van der Waals surface area (Å²) in [4.78, 5) is 4.28. The summed E-state index contributed by atoms with van der Waals surface area (Å²) in [6, 6.07) is 11.7. The van der Waals surface area contributed by atoms with Crippen LogP contribution in [0.25, 0.3) is 0 Å². The molecule has 6 nitrogen and oxygen atoms in total. The van der Waals surface area contributed by atoms with Gasteiger partial charge in [0.05, 0.1) is 13.7 Å². The van der Waals surface area contributed by atoms with Gasteiger partial charge in [-0.15, -0.1) is 24.0 Å². The van der Waals surface area contributed by atoms with Gasteiger partial charge in [0.15, 0.2) is 5.96 Å². The summed E-state index contributed by atoms with van der Waals surface area (Å²) in [5, 5.41) is 7.25. The van der Waals surface area contributed by atoms with Crippen LogP contribution in [-0.2, 0) is 17.8 Å². The van der Waals surface area contributed by atoms with Gasteiger partial charge in [-0.25, -0.2) is 0 Å².